The number of hydrazone groups is 1. The first-order valence-corrected chi connectivity index (χ1v) is 11.8. The molecule has 0 aromatic heterocycles. The largest absolute Gasteiger partial charge is 0.383 e. The standard InChI is InChI=1S/C26H33ClN4O3/c1-17(2)28-26(33)30(12-13-34-5)16-25(32)31-24(21-8-6-7-9-22(21)27)15-23(29-31)20-11-10-18(3)19(4)14-20/h6-11,14,17,24H,12-13,15-16H2,1-5H3,(H,28,33)/t24-/m0/s1. The zero-order chi connectivity index (χ0) is 24.8. The predicted octanol–water partition coefficient (Wildman–Crippen LogP) is 4.70. The van der Waals surface area contributed by atoms with Gasteiger partial charge < -0.3 is 15.0 Å². The highest BCUT2D eigenvalue weighted by Crippen LogP contribution is 2.36. The molecule has 1 heterocycles. The van der Waals surface area contributed by atoms with Crippen molar-refractivity contribution >= 4 is 29.3 Å². The molecule has 0 aliphatic carbocycles. The number of benzene rings is 2. The number of halogens is 1. The molecule has 0 saturated heterocycles. The van der Waals surface area contributed by atoms with Crippen molar-refractivity contribution in [1.29, 1.82) is 0 Å². The van der Waals surface area contributed by atoms with E-state index in [1.54, 1.807) is 7.11 Å². The number of amides is 3. The lowest BCUT2D eigenvalue weighted by Gasteiger charge is -2.28. The molecule has 1 atom stereocenters. The van der Waals surface area contributed by atoms with Crippen LogP contribution in [-0.2, 0) is 9.53 Å². The molecular formula is C26H33ClN4O3. The summed E-state index contributed by atoms with van der Waals surface area (Å²) in [6.07, 6.45) is 0.536. The summed E-state index contributed by atoms with van der Waals surface area (Å²) in [4.78, 5) is 27.7. The second kappa shape index (κ2) is 11.5. The van der Waals surface area contributed by atoms with Gasteiger partial charge in [-0.3, -0.25) is 4.79 Å². The lowest BCUT2D eigenvalue weighted by molar-refractivity contribution is -0.133. The van der Waals surface area contributed by atoms with Crippen molar-refractivity contribution in [1.82, 2.24) is 15.2 Å². The van der Waals surface area contributed by atoms with Gasteiger partial charge in [0.05, 0.1) is 18.4 Å². The summed E-state index contributed by atoms with van der Waals surface area (Å²) in [6.45, 7) is 8.37. The van der Waals surface area contributed by atoms with E-state index in [1.165, 1.54) is 15.5 Å². The van der Waals surface area contributed by atoms with Crippen molar-refractivity contribution in [2.45, 2.75) is 46.2 Å². The first-order chi connectivity index (χ1) is 16.2. The maximum absolute atomic E-state index is 13.5. The fourth-order valence-corrected chi connectivity index (χ4v) is 4.11. The molecule has 0 radical (unpaired) electrons. The second-order valence-corrected chi connectivity index (χ2v) is 9.25. The first-order valence-electron chi connectivity index (χ1n) is 11.5. The number of nitrogens with zero attached hydrogens (tertiary/aromatic N) is 3. The summed E-state index contributed by atoms with van der Waals surface area (Å²) >= 11 is 6.52. The maximum Gasteiger partial charge on any atom is 0.318 e. The Hall–Kier alpha value is -2.90. The van der Waals surface area contributed by atoms with Crippen LogP contribution in [0.15, 0.2) is 47.6 Å². The van der Waals surface area contributed by atoms with E-state index >= 15 is 0 Å². The Morgan fingerprint density at radius 3 is 2.59 bits per heavy atom. The number of rotatable bonds is 8. The number of hydrogen-bond donors (Lipinski definition) is 1. The quantitative estimate of drug-likeness (QED) is 0.590. The molecule has 1 aliphatic heterocycles. The Morgan fingerprint density at radius 2 is 1.94 bits per heavy atom. The molecule has 2 aromatic rings. The SMILES string of the molecule is COCCN(CC(=O)N1N=C(c2ccc(C)c(C)c2)C[C@H]1c1ccccc1Cl)C(=O)NC(C)C. The van der Waals surface area contributed by atoms with Crippen LogP contribution in [0.3, 0.4) is 0 Å². The summed E-state index contributed by atoms with van der Waals surface area (Å²) < 4.78 is 5.14. The molecular weight excluding hydrogens is 452 g/mol. The molecule has 3 rings (SSSR count). The molecule has 7 nitrogen and oxygen atoms in total. The van der Waals surface area contributed by atoms with Crippen LogP contribution in [0.25, 0.3) is 0 Å². The third-order valence-corrected chi connectivity index (χ3v) is 6.21. The van der Waals surface area contributed by atoms with Gasteiger partial charge in [-0.2, -0.15) is 5.10 Å². The molecule has 0 fully saturated rings. The van der Waals surface area contributed by atoms with Gasteiger partial charge in [0.25, 0.3) is 5.91 Å². The van der Waals surface area contributed by atoms with Gasteiger partial charge in [-0.15, -0.1) is 0 Å². The van der Waals surface area contributed by atoms with E-state index in [0.29, 0.717) is 24.6 Å². The second-order valence-electron chi connectivity index (χ2n) is 8.84. The Kier molecular flexibility index (Phi) is 8.69. The van der Waals surface area contributed by atoms with Gasteiger partial charge in [0.1, 0.15) is 6.54 Å². The molecule has 0 unspecified atom stereocenters. The molecule has 1 N–H and O–H groups in total. The van der Waals surface area contributed by atoms with Crippen molar-refractivity contribution < 1.29 is 14.3 Å². The summed E-state index contributed by atoms with van der Waals surface area (Å²) in [5.74, 6) is -0.279. The van der Waals surface area contributed by atoms with Crippen LogP contribution < -0.4 is 5.32 Å². The van der Waals surface area contributed by atoms with E-state index in [0.717, 1.165) is 22.4 Å². The highest BCUT2D eigenvalue weighted by molar-refractivity contribution is 6.31. The summed E-state index contributed by atoms with van der Waals surface area (Å²) in [6, 6.07) is 13.0. The number of ether oxygens (including phenoxy) is 1. The summed E-state index contributed by atoms with van der Waals surface area (Å²) in [5.41, 5.74) is 4.98. The number of methoxy groups -OCH3 is 1. The minimum atomic E-state index is -0.352. The third-order valence-electron chi connectivity index (χ3n) is 5.86. The van der Waals surface area contributed by atoms with E-state index in [9.17, 15) is 9.59 Å². The summed E-state index contributed by atoms with van der Waals surface area (Å²) in [5, 5.41) is 9.64. The van der Waals surface area contributed by atoms with Crippen molar-refractivity contribution in [3.63, 3.8) is 0 Å². The van der Waals surface area contributed by atoms with Crippen LogP contribution >= 0.6 is 11.6 Å². The van der Waals surface area contributed by atoms with Gasteiger partial charge >= 0.3 is 6.03 Å². The Balaban J connectivity index is 1.92. The van der Waals surface area contributed by atoms with Gasteiger partial charge in [-0.25, -0.2) is 9.80 Å². The summed E-state index contributed by atoms with van der Waals surface area (Å²) in [7, 11) is 1.56. The Bertz CT molecular complexity index is 1070. The molecule has 2 aromatic carbocycles. The average Bonchev–Trinajstić information content (AvgIpc) is 3.23. The molecule has 182 valence electrons. The van der Waals surface area contributed by atoms with E-state index in [4.69, 9.17) is 21.4 Å². The normalized spacial score (nSPS) is 15.4. The van der Waals surface area contributed by atoms with Crippen molar-refractivity contribution in [2.24, 2.45) is 5.10 Å². The smallest absolute Gasteiger partial charge is 0.318 e. The fourth-order valence-electron chi connectivity index (χ4n) is 3.85. The number of urea groups is 1. The zero-order valence-corrected chi connectivity index (χ0v) is 21.2. The van der Waals surface area contributed by atoms with Gasteiger partial charge in [0, 0.05) is 31.1 Å². The molecule has 1 aliphatic rings. The van der Waals surface area contributed by atoms with E-state index in [1.807, 2.05) is 44.2 Å². The van der Waals surface area contributed by atoms with Crippen molar-refractivity contribution in [3.05, 3.63) is 69.7 Å². The van der Waals surface area contributed by atoms with Gasteiger partial charge in [-0.1, -0.05) is 41.9 Å². The fraction of sp³-hybridized carbons (Fsp3) is 0.423. The third kappa shape index (κ3) is 6.15. The monoisotopic (exact) mass is 484 g/mol. The first kappa shape index (κ1) is 25.7. The van der Waals surface area contributed by atoms with E-state index < -0.39 is 0 Å². The molecule has 3 amide bonds. The van der Waals surface area contributed by atoms with Gasteiger partial charge in [-0.05, 0) is 62.1 Å². The topological polar surface area (TPSA) is 74.2 Å². The van der Waals surface area contributed by atoms with Crippen LogP contribution in [0.5, 0.6) is 0 Å². The number of nitrogens with one attached hydrogen (secondary N) is 1. The molecule has 0 saturated carbocycles. The van der Waals surface area contributed by atoms with Crippen molar-refractivity contribution in [2.75, 3.05) is 26.8 Å². The number of hydrogen-bond acceptors (Lipinski definition) is 4. The highest BCUT2D eigenvalue weighted by Gasteiger charge is 2.35. The Labute approximate surface area is 206 Å². The lowest BCUT2D eigenvalue weighted by Crippen LogP contribution is -2.48. The van der Waals surface area contributed by atoms with E-state index in [-0.39, 0.29) is 30.6 Å². The molecule has 0 spiro atoms. The molecule has 34 heavy (non-hydrogen) atoms. The van der Waals surface area contributed by atoms with Gasteiger partial charge in [0.15, 0.2) is 0 Å². The average molecular weight is 485 g/mol. The number of aryl methyl sites for hydroxylation is 2. The van der Waals surface area contributed by atoms with Crippen LogP contribution in [-0.4, -0.2) is 60.4 Å². The Morgan fingerprint density at radius 1 is 1.21 bits per heavy atom. The molecule has 8 heteroatoms. The van der Waals surface area contributed by atoms with Crippen LogP contribution in [0.1, 0.15) is 48.6 Å². The lowest BCUT2D eigenvalue weighted by atomic mass is 9.96. The van der Waals surface area contributed by atoms with Crippen LogP contribution in [0.2, 0.25) is 5.02 Å². The van der Waals surface area contributed by atoms with Crippen molar-refractivity contribution in [3.8, 4) is 0 Å². The van der Waals surface area contributed by atoms with Gasteiger partial charge in [0.2, 0.25) is 0 Å². The van der Waals surface area contributed by atoms with E-state index in [2.05, 4.69) is 31.3 Å². The molecule has 0 bridgehead atoms. The zero-order valence-electron chi connectivity index (χ0n) is 20.5. The highest BCUT2D eigenvalue weighted by atomic mass is 35.5. The minimum Gasteiger partial charge on any atom is -0.383 e. The number of carbonyl (C=O) groups is 2. The number of carbonyl (C=O) groups excluding carboxylic acids is 2. The maximum atomic E-state index is 13.5. The predicted molar refractivity (Wildman–Crippen MR) is 135 cm³/mol. The van der Waals surface area contributed by atoms with Crippen LogP contribution in [0.4, 0.5) is 4.79 Å². The minimum absolute atomic E-state index is 0.0512. The van der Waals surface area contributed by atoms with Crippen LogP contribution in [0, 0.1) is 13.8 Å².